The highest BCUT2D eigenvalue weighted by atomic mass is 14.4. The molecule has 2 aliphatic rings. The van der Waals surface area contributed by atoms with Crippen molar-refractivity contribution in [3.63, 3.8) is 0 Å². The van der Waals surface area contributed by atoms with E-state index in [-0.39, 0.29) is 7.43 Å². The molecule has 12 heavy (non-hydrogen) atoms. The maximum absolute atomic E-state index is 2.44. The highest BCUT2D eigenvalue weighted by molar-refractivity contribution is 5.08. The van der Waals surface area contributed by atoms with Crippen molar-refractivity contribution >= 4 is 0 Å². The van der Waals surface area contributed by atoms with Gasteiger partial charge in [-0.2, -0.15) is 0 Å². The summed E-state index contributed by atoms with van der Waals surface area (Å²) >= 11 is 0. The van der Waals surface area contributed by atoms with Gasteiger partial charge in [-0.25, -0.2) is 0 Å². The molecular weight excluding hydrogens is 144 g/mol. The van der Waals surface area contributed by atoms with Crippen LogP contribution in [0.5, 0.6) is 0 Å². The van der Waals surface area contributed by atoms with Crippen LogP contribution in [0.1, 0.15) is 32.6 Å². The van der Waals surface area contributed by atoms with Crippen LogP contribution in [-0.2, 0) is 0 Å². The summed E-state index contributed by atoms with van der Waals surface area (Å²) in [6, 6.07) is 0. The lowest BCUT2D eigenvalue weighted by Gasteiger charge is -2.40. The van der Waals surface area contributed by atoms with E-state index < -0.39 is 0 Å². The van der Waals surface area contributed by atoms with Crippen LogP contribution in [0.4, 0.5) is 0 Å². The van der Waals surface area contributed by atoms with Gasteiger partial charge in [0.2, 0.25) is 0 Å². The Morgan fingerprint density at radius 1 is 1.00 bits per heavy atom. The van der Waals surface area contributed by atoms with Crippen molar-refractivity contribution < 1.29 is 0 Å². The maximum Gasteiger partial charge on any atom is -0.0223 e. The average molecular weight is 162 g/mol. The normalized spacial score (nSPS) is 38.6. The van der Waals surface area contributed by atoms with Crippen LogP contribution in [0.25, 0.3) is 0 Å². The molecule has 0 aliphatic heterocycles. The number of allylic oxidation sites excluding steroid dienone is 4. The van der Waals surface area contributed by atoms with Gasteiger partial charge in [0.15, 0.2) is 0 Å². The lowest BCUT2D eigenvalue weighted by atomic mass is 9.65. The van der Waals surface area contributed by atoms with Crippen LogP contribution in [0.15, 0.2) is 24.3 Å². The van der Waals surface area contributed by atoms with Gasteiger partial charge in [0.05, 0.1) is 0 Å². The fourth-order valence-electron chi connectivity index (χ4n) is 2.31. The van der Waals surface area contributed by atoms with Gasteiger partial charge in [-0.3, -0.25) is 0 Å². The van der Waals surface area contributed by atoms with Crippen LogP contribution in [-0.4, -0.2) is 0 Å². The molecule has 0 nitrogen and oxygen atoms in total. The Morgan fingerprint density at radius 2 is 1.50 bits per heavy atom. The first-order valence-corrected chi connectivity index (χ1v) is 4.61. The lowest BCUT2D eigenvalue weighted by molar-refractivity contribution is 0.173. The monoisotopic (exact) mass is 162 g/mol. The second kappa shape index (κ2) is 3.47. The van der Waals surface area contributed by atoms with Gasteiger partial charge in [-0.05, 0) is 37.0 Å². The number of hydrogen-bond donors (Lipinski definition) is 0. The van der Waals surface area contributed by atoms with Gasteiger partial charge in [0, 0.05) is 0 Å². The number of fused-ring (bicyclic) bond motifs is 1. The molecule has 0 aromatic heterocycles. The van der Waals surface area contributed by atoms with E-state index in [1.54, 1.807) is 0 Å². The molecule has 0 heteroatoms. The Hall–Kier alpha value is -0.520. The van der Waals surface area contributed by atoms with E-state index in [4.69, 9.17) is 0 Å². The summed E-state index contributed by atoms with van der Waals surface area (Å²) in [7, 11) is 0. The average Bonchev–Trinajstić information content (AvgIpc) is 2.03. The van der Waals surface area contributed by atoms with E-state index >= 15 is 0 Å². The summed E-state index contributed by atoms with van der Waals surface area (Å²) in [5, 5.41) is 0. The molecule has 0 saturated heterocycles. The molecule has 2 aliphatic carbocycles. The summed E-state index contributed by atoms with van der Waals surface area (Å²) in [6.45, 7) is 2.44. The molecule has 0 bridgehead atoms. The molecule has 0 unspecified atom stereocenters. The third kappa shape index (κ3) is 1.48. The molecule has 66 valence electrons. The molecule has 2 rings (SSSR count). The van der Waals surface area contributed by atoms with Crippen molar-refractivity contribution in [3.8, 4) is 0 Å². The van der Waals surface area contributed by atoms with Gasteiger partial charge in [-0.15, -0.1) is 0 Å². The van der Waals surface area contributed by atoms with E-state index in [2.05, 4.69) is 31.2 Å². The van der Waals surface area contributed by atoms with Crippen LogP contribution >= 0.6 is 0 Å². The van der Waals surface area contributed by atoms with Crippen LogP contribution < -0.4 is 0 Å². The van der Waals surface area contributed by atoms with Crippen LogP contribution in [0.3, 0.4) is 0 Å². The topological polar surface area (TPSA) is 0 Å². The molecule has 0 N–H and O–H groups in total. The first kappa shape index (κ1) is 9.57. The van der Waals surface area contributed by atoms with Gasteiger partial charge in [-0.1, -0.05) is 38.7 Å². The second-order valence-corrected chi connectivity index (χ2v) is 4.17. The summed E-state index contributed by atoms with van der Waals surface area (Å²) in [5.74, 6) is 0.928. The third-order valence-corrected chi connectivity index (χ3v) is 3.33. The van der Waals surface area contributed by atoms with Gasteiger partial charge >= 0.3 is 0 Å². The smallest absolute Gasteiger partial charge is 0.0223 e. The van der Waals surface area contributed by atoms with Crippen molar-refractivity contribution in [2.24, 2.45) is 11.3 Å². The standard InChI is InChI=1S/C11H16.CH2/c1-11-8-4-2-6-10(11)7-3-5-9-11;/h2-5,10H,6-9H2,1H3;1H2. The Kier molecular flexibility index (Phi) is 2.76. The molecular formula is C12H18. The minimum atomic E-state index is 0. The summed E-state index contributed by atoms with van der Waals surface area (Å²) in [4.78, 5) is 0. The first-order chi connectivity index (χ1) is 5.31. The molecule has 0 heterocycles. The highest BCUT2D eigenvalue weighted by Gasteiger charge is 2.34. The molecule has 0 amide bonds. The predicted molar refractivity (Wildman–Crippen MR) is 53.7 cm³/mol. The quantitative estimate of drug-likeness (QED) is 0.477. The Labute approximate surface area is 76.4 Å². The Morgan fingerprint density at radius 3 is 1.92 bits per heavy atom. The predicted octanol–water partition coefficient (Wildman–Crippen LogP) is 3.64. The molecule has 0 aromatic carbocycles. The fraction of sp³-hybridized carbons (Fsp3) is 0.583. The van der Waals surface area contributed by atoms with Gasteiger partial charge in [0.1, 0.15) is 0 Å². The van der Waals surface area contributed by atoms with Gasteiger partial charge < -0.3 is 0 Å². The zero-order chi connectivity index (χ0) is 7.73. The summed E-state index contributed by atoms with van der Waals surface area (Å²) in [5.41, 5.74) is 0.601. The maximum atomic E-state index is 2.44. The van der Waals surface area contributed by atoms with Crippen molar-refractivity contribution in [1.82, 2.24) is 0 Å². The van der Waals surface area contributed by atoms with Crippen molar-refractivity contribution in [2.75, 3.05) is 0 Å². The van der Waals surface area contributed by atoms with Crippen LogP contribution in [0, 0.1) is 18.8 Å². The van der Waals surface area contributed by atoms with E-state index in [1.165, 1.54) is 25.7 Å². The summed E-state index contributed by atoms with van der Waals surface area (Å²) in [6.07, 6.45) is 14.6. The van der Waals surface area contributed by atoms with E-state index in [9.17, 15) is 0 Å². The SMILES string of the molecule is CC12CC=CCC1CC=CC2.[CH2]. The van der Waals surface area contributed by atoms with E-state index in [0.29, 0.717) is 5.41 Å². The van der Waals surface area contributed by atoms with Crippen molar-refractivity contribution in [2.45, 2.75) is 32.6 Å². The third-order valence-electron chi connectivity index (χ3n) is 3.33. The molecule has 0 spiro atoms. The van der Waals surface area contributed by atoms with E-state index in [0.717, 1.165) is 5.92 Å². The highest BCUT2D eigenvalue weighted by Crippen LogP contribution is 2.45. The second-order valence-electron chi connectivity index (χ2n) is 4.17. The van der Waals surface area contributed by atoms with Crippen molar-refractivity contribution in [1.29, 1.82) is 0 Å². The zero-order valence-electron chi connectivity index (χ0n) is 7.92. The first-order valence-electron chi connectivity index (χ1n) is 4.61. The minimum absolute atomic E-state index is 0. The lowest BCUT2D eigenvalue weighted by Crippen LogP contribution is -2.29. The minimum Gasteiger partial charge on any atom is -0.0882 e. The van der Waals surface area contributed by atoms with E-state index in [1.807, 2.05) is 0 Å². The molecule has 0 atom stereocenters. The number of hydrogen-bond acceptors (Lipinski definition) is 0. The fourth-order valence-corrected chi connectivity index (χ4v) is 2.31. The van der Waals surface area contributed by atoms with Crippen LogP contribution in [0.2, 0.25) is 0 Å². The Bertz CT molecular complexity index is 180. The van der Waals surface area contributed by atoms with Gasteiger partial charge in [0.25, 0.3) is 0 Å². The molecule has 0 aromatic rings. The zero-order valence-corrected chi connectivity index (χ0v) is 7.92. The molecule has 2 radical (unpaired) electrons. The number of rotatable bonds is 0. The largest absolute Gasteiger partial charge is 0.0882 e. The summed E-state index contributed by atoms with van der Waals surface area (Å²) < 4.78 is 0. The molecule has 0 saturated carbocycles. The van der Waals surface area contributed by atoms with Crippen molar-refractivity contribution in [3.05, 3.63) is 31.7 Å². The Balaban J connectivity index is 0.000000720. The molecule has 0 fully saturated rings.